The van der Waals surface area contributed by atoms with Crippen LogP contribution in [0.2, 0.25) is 0 Å². The van der Waals surface area contributed by atoms with E-state index >= 15 is 0 Å². The van der Waals surface area contributed by atoms with Crippen LogP contribution in [0.15, 0.2) is 0 Å². The number of nitrogens with two attached hydrogens (primary N) is 1. The van der Waals surface area contributed by atoms with Crippen molar-refractivity contribution in [1.82, 2.24) is 4.90 Å². The molecule has 1 aliphatic carbocycles. The minimum atomic E-state index is 0.197. The van der Waals surface area contributed by atoms with Gasteiger partial charge in [-0.25, -0.2) is 0 Å². The lowest BCUT2D eigenvalue weighted by Gasteiger charge is -2.43. The van der Waals surface area contributed by atoms with Gasteiger partial charge in [-0.2, -0.15) is 0 Å². The number of ether oxygens (including phenoxy) is 2. The normalized spacial score (nSPS) is 19.6. The van der Waals surface area contributed by atoms with Gasteiger partial charge in [0, 0.05) is 46.0 Å². The fourth-order valence-corrected chi connectivity index (χ4v) is 3.22. The predicted octanol–water partition coefficient (Wildman–Crippen LogP) is 2.02. The molecule has 19 heavy (non-hydrogen) atoms. The molecule has 0 unspecified atom stereocenters. The van der Waals surface area contributed by atoms with Crippen LogP contribution in [0.1, 0.15) is 44.9 Å². The number of hydrogen-bond donors (Lipinski definition) is 1. The summed E-state index contributed by atoms with van der Waals surface area (Å²) in [4.78, 5) is 2.57. The summed E-state index contributed by atoms with van der Waals surface area (Å²) in [6.07, 6.45) is 8.88. The molecule has 0 bridgehead atoms. The molecule has 4 nitrogen and oxygen atoms in total. The summed E-state index contributed by atoms with van der Waals surface area (Å²) >= 11 is 0. The average molecular weight is 272 g/mol. The molecule has 4 heteroatoms. The molecule has 0 atom stereocenters. The molecule has 1 rings (SSSR count). The minimum Gasteiger partial charge on any atom is -0.385 e. The van der Waals surface area contributed by atoms with Crippen LogP contribution in [-0.4, -0.2) is 57.5 Å². The van der Waals surface area contributed by atoms with Crippen molar-refractivity contribution in [2.45, 2.75) is 50.5 Å². The summed E-state index contributed by atoms with van der Waals surface area (Å²) < 4.78 is 10.5. The Kier molecular flexibility index (Phi) is 8.62. The van der Waals surface area contributed by atoms with Gasteiger partial charge in [-0.1, -0.05) is 25.7 Å². The van der Waals surface area contributed by atoms with E-state index in [1.54, 1.807) is 14.2 Å². The average Bonchev–Trinajstić information content (AvgIpc) is 2.69. The fourth-order valence-electron chi connectivity index (χ4n) is 3.22. The Morgan fingerprint density at radius 1 is 0.947 bits per heavy atom. The highest BCUT2D eigenvalue weighted by Crippen LogP contribution is 2.32. The lowest BCUT2D eigenvalue weighted by atomic mass is 9.88. The van der Waals surface area contributed by atoms with Crippen molar-refractivity contribution < 1.29 is 9.47 Å². The van der Waals surface area contributed by atoms with E-state index in [2.05, 4.69) is 4.90 Å². The Balaban J connectivity index is 2.65. The van der Waals surface area contributed by atoms with Crippen molar-refractivity contribution >= 4 is 0 Å². The molecule has 0 saturated heterocycles. The number of hydrogen-bond acceptors (Lipinski definition) is 4. The first-order chi connectivity index (χ1) is 9.29. The molecule has 0 spiro atoms. The summed E-state index contributed by atoms with van der Waals surface area (Å²) in [5.41, 5.74) is 6.37. The van der Waals surface area contributed by atoms with Crippen molar-refractivity contribution in [1.29, 1.82) is 0 Å². The van der Waals surface area contributed by atoms with Crippen LogP contribution in [-0.2, 0) is 9.47 Å². The molecule has 1 saturated carbocycles. The first kappa shape index (κ1) is 16.9. The van der Waals surface area contributed by atoms with Crippen molar-refractivity contribution in [2.24, 2.45) is 5.73 Å². The van der Waals surface area contributed by atoms with Crippen molar-refractivity contribution in [3.05, 3.63) is 0 Å². The van der Waals surface area contributed by atoms with Gasteiger partial charge in [0.05, 0.1) is 6.61 Å². The van der Waals surface area contributed by atoms with Crippen LogP contribution in [0.4, 0.5) is 0 Å². The summed E-state index contributed by atoms with van der Waals surface area (Å²) in [5, 5.41) is 0. The lowest BCUT2D eigenvalue weighted by molar-refractivity contribution is 0.0411. The SMILES string of the molecule is COCCCN(CCOC)C1(CN)CCCCCC1. The molecule has 1 fully saturated rings. The summed E-state index contributed by atoms with van der Waals surface area (Å²) in [6, 6.07) is 0. The summed E-state index contributed by atoms with van der Waals surface area (Å²) in [6.45, 7) is 4.42. The van der Waals surface area contributed by atoms with Gasteiger partial charge < -0.3 is 15.2 Å². The van der Waals surface area contributed by atoms with E-state index in [-0.39, 0.29) is 5.54 Å². The zero-order valence-electron chi connectivity index (χ0n) is 12.8. The van der Waals surface area contributed by atoms with Crippen LogP contribution < -0.4 is 5.73 Å². The second kappa shape index (κ2) is 9.70. The number of nitrogens with zero attached hydrogens (tertiary/aromatic N) is 1. The van der Waals surface area contributed by atoms with Crippen molar-refractivity contribution in [3.8, 4) is 0 Å². The van der Waals surface area contributed by atoms with Crippen LogP contribution in [0.5, 0.6) is 0 Å². The van der Waals surface area contributed by atoms with Crippen molar-refractivity contribution in [3.63, 3.8) is 0 Å². The Labute approximate surface area is 118 Å². The van der Waals surface area contributed by atoms with Gasteiger partial charge in [0.2, 0.25) is 0 Å². The molecule has 114 valence electrons. The maximum atomic E-state index is 6.17. The van der Waals surface area contributed by atoms with Crippen LogP contribution in [0.25, 0.3) is 0 Å². The molecular formula is C15H32N2O2. The Bertz CT molecular complexity index is 216. The van der Waals surface area contributed by atoms with E-state index < -0.39 is 0 Å². The second-order valence-electron chi connectivity index (χ2n) is 5.67. The Morgan fingerprint density at radius 3 is 2.11 bits per heavy atom. The van der Waals surface area contributed by atoms with E-state index in [4.69, 9.17) is 15.2 Å². The van der Waals surface area contributed by atoms with Gasteiger partial charge in [-0.15, -0.1) is 0 Å². The zero-order chi connectivity index (χ0) is 14.0. The summed E-state index contributed by atoms with van der Waals surface area (Å²) in [7, 11) is 3.54. The Hall–Kier alpha value is -0.160. The monoisotopic (exact) mass is 272 g/mol. The minimum absolute atomic E-state index is 0.197. The molecule has 2 N–H and O–H groups in total. The molecule has 0 aliphatic heterocycles. The molecule has 0 heterocycles. The molecule has 0 aromatic heterocycles. The highest BCUT2D eigenvalue weighted by Gasteiger charge is 2.35. The summed E-state index contributed by atoms with van der Waals surface area (Å²) in [5.74, 6) is 0. The predicted molar refractivity (Wildman–Crippen MR) is 79.4 cm³/mol. The van der Waals surface area contributed by atoms with Gasteiger partial charge in [0.1, 0.15) is 0 Å². The highest BCUT2D eigenvalue weighted by molar-refractivity contribution is 4.93. The van der Waals surface area contributed by atoms with Gasteiger partial charge in [0.25, 0.3) is 0 Å². The highest BCUT2D eigenvalue weighted by atomic mass is 16.5. The van der Waals surface area contributed by atoms with E-state index in [9.17, 15) is 0 Å². The van der Waals surface area contributed by atoms with Crippen LogP contribution >= 0.6 is 0 Å². The van der Waals surface area contributed by atoms with E-state index in [0.29, 0.717) is 0 Å². The standard InChI is InChI=1S/C15H32N2O2/c1-18-12-7-10-17(11-13-19-2)15(14-16)8-5-3-4-6-9-15/h3-14,16H2,1-2H3. The molecule has 0 aromatic rings. The van der Waals surface area contributed by atoms with Crippen LogP contribution in [0.3, 0.4) is 0 Å². The fraction of sp³-hybridized carbons (Fsp3) is 1.00. The van der Waals surface area contributed by atoms with E-state index in [1.165, 1.54) is 38.5 Å². The van der Waals surface area contributed by atoms with Crippen LogP contribution in [0, 0.1) is 0 Å². The first-order valence-electron chi connectivity index (χ1n) is 7.72. The lowest BCUT2D eigenvalue weighted by Crippen LogP contribution is -2.55. The maximum Gasteiger partial charge on any atom is 0.0589 e. The zero-order valence-corrected chi connectivity index (χ0v) is 12.8. The smallest absolute Gasteiger partial charge is 0.0589 e. The number of methoxy groups -OCH3 is 2. The molecule has 0 radical (unpaired) electrons. The maximum absolute atomic E-state index is 6.17. The van der Waals surface area contributed by atoms with Gasteiger partial charge >= 0.3 is 0 Å². The molecular weight excluding hydrogens is 240 g/mol. The quantitative estimate of drug-likeness (QED) is 0.515. The first-order valence-corrected chi connectivity index (χ1v) is 7.72. The third kappa shape index (κ3) is 5.38. The number of rotatable bonds is 9. The largest absolute Gasteiger partial charge is 0.385 e. The van der Waals surface area contributed by atoms with E-state index in [1.807, 2.05) is 0 Å². The molecule has 0 aromatic carbocycles. The van der Waals surface area contributed by atoms with Gasteiger partial charge in [0.15, 0.2) is 0 Å². The topological polar surface area (TPSA) is 47.7 Å². The van der Waals surface area contributed by atoms with Gasteiger partial charge in [-0.3, -0.25) is 4.90 Å². The third-order valence-electron chi connectivity index (χ3n) is 4.43. The van der Waals surface area contributed by atoms with Gasteiger partial charge in [-0.05, 0) is 19.3 Å². The molecule has 1 aliphatic rings. The van der Waals surface area contributed by atoms with Crippen molar-refractivity contribution in [2.75, 3.05) is 47.1 Å². The third-order valence-corrected chi connectivity index (χ3v) is 4.43. The van der Waals surface area contributed by atoms with E-state index in [0.717, 1.165) is 39.3 Å². The second-order valence-corrected chi connectivity index (χ2v) is 5.67. The molecule has 0 amide bonds. The Morgan fingerprint density at radius 2 is 1.58 bits per heavy atom.